The van der Waals surface area contributed by atoms with Crippen LogP contribution in [0.15, 0.2) is 30.5 Å². The Hall–Kier alpha value is -3.70. The average molecular weight is 493 g/mol. The number of halogens is 3. The Morgan fingerprint density at radius 3 is 2.51 bits per heavy atom. The van der Waals surface area contributed by atoms with Gasteiger partial charge in [-0.2, -0.15) is 23.4 Å². The summed E-state index contributed by atoms with van der Waals surface area (Å²) in [7, 11) is 6.30. The lowest BCUT2D eigenvalue weighted by Crippen LogP contribution is -2.36. The van der Waals surface area contributed by atoms with E-state index in [1.165, 1.54) is 25.2 Å². The molecule has 3 heterocycles. The number of hydrogen-bond acceptors (Lipinski definition) is 6. The Bertz CT molecular complexity index is 1240. The first kappa shape index (κ1) is 24.4. The standard InChI is InChI=1S/C23H27F3N6O3/c1-13-15(12-31(3)28-13)11-30(2)22(33)17-10-21-27-16(9-20(23(24,25)26)32(21)29-17)14-6-7-18(34-4)19(8-14)35-5/h6-8,10,12,16,20,27H,9,11H2,1-5H3/t16-,20-/m1/s1. The number of aromatic nitrogens is 4. The molecule has 0 bridgehead atoms. The van der Waals surface area contributed by atoms with Crippen molar-refractivity contribution in [1.29, 1.82) is 0 Å². The normalized spacial score (nSPS) is 17.5. The minimum absolute atomic E-state index is 0.0706. The number of carbonyl (C=O) groups is 1. The molecule has 0 radical (unpaired) electrons. The first-order valence-corrected chi connectivity index (χ1v) is 10.9. The van der Waals surface area contributed by atoms with Crippen molar-refractivity contribution >= 4 is 11.7 Å². The van der Waals surface area contributed by atoms with Crippen LogP contribution in [0.25, 0.3) is 0 Å². The topological polar surface area (TPSA) is 86.4 Å². The lowest BCUT2D eigenvalue weighted by molar-refractivity contribution is -0.173. The lowest BCUT2D eigenvalue weighted by atomic mass is 9.96. The summed E-state index contributed by atoms with van der Waals surface area (Å²) < 4.78 is 55.1. The fourth-order valence-corrected chi connectivity index (χ4v) is 4.29. The maximum atomic E-state index is 14.0. The van der Waals surface area contributed by atoms with Gasteiger partial charge in [-0.3, -0.25) is 9.48 Å². The van der Waals surface area contributed by atoms with Crippen LogP contribution in [0.2, 0.25) is 0 Å². The fraction of sp³-hybridized carbons (Fsp3) is 0.435. The Morgan fingerprint density at radius 2 is 1.91 bits per heavy atom. The highest BCUT2D eigenvalue weighted by atomic mass is 19.4. The number of hydrogen-bond donors (Lipinski definition) is 1. The molecule has 1 aromatic carbocycles. The molecule has 1 aliphatic heterocycles. The summed E-state index contributed by atoms with van der Waals surface area (Å²) in [6, 6.07) is 3.77. The molecule has 0 saturated heterocycles. The number of amides is 1. The van der Waals surface area contributed by atoms with Crippen LogP contribution in [0, 0.1) is 6.92 Å². The zero-order valence-electron chi connectivity index (χ0n) is 20.1. The predicted octanol–water partition coefficient (Wildman–Crippen LogP) is 3.87. The van der Waals surface area contributed by atoms with Crippen molar-refractivity contribution in [3.63, 3.8) is 0 Å². The third kappa shape index (κ3) is 4.77. The Morgan fingerprint density at radius 1 is 1.20 bits per heavy atom. The van der Waals surface area contributed by atoms with E-state index < -0.39 is 24.2 Å². The van der Waals surface area contributed by atoms with Crippen molar-refractivity contribution in [3.05, 3.63) is 53.0 Å². The number of benzene rings is 1. The number of carbonyl (C=O) groups excluding carboxylic acids is 1. The van der Waals surface area contributed by atoms with Gasteiger partial charge < -0.3 is 19.7 Å². The summed E-state index contributed by atoms with van der Waals surface area (Å²) in [6.45, 7) is 2.08. The van der Waals surface area contributed by atoms with E-state index in [9.17, 15) is 18.0 Å². The van der Waals surface area contributed by atoms with E-state index in [1.807, 2.05) is 6.92 Å². The summed E-state index contributed by atoms with van der Waals surface area (Å²) >= 11 is 0. The van der Waals surface area contributed by atoms with Gasteiger partial charge in [-0.1, -0.05) is 6.07 Å². The van der Waals surface area contributed by atoms with Gasteiger partial charge in [0, 0.05) is 44.9 Å². The number of nitrogens with zero attached hydrogens (tertiary/aromatic N) is 5. The monoisotopic (exact) mass is 492 g/mol. The smallest absolute Gasteiger partial charge is 0.410 e. The number of ether oxygens (including phenoxy) is 2. The van der Waals surface area contributed by atoms with Crippen LogP contribution in [0.1, 0.15) is 45.8 Å². The van der Waals surface area contributed by atoms with Crippen LogP contribution < -0.4 is 14.8 Å². The Balaban J connectivity index is 1.63. The maximum absolute atomic E-state index is 14.0. The zero-order chi connectivity index (χ0) is 25.5. The first-order chi connectivity index (χ1) is 16.5. The van der Waals surface area contributed by atoms with Crippen LogP contribution in [-0.4, -0.2) is 57.8 Å². The SMILES string of the molecule is COc1ccc([C@H]2C[C@H](C(F)(F)F)n3nc(C(=O)N(C)Cc4cn(C)nc4C)cc3N2)cc1OC. The molecule has 2 aromatic heterocycles. The van der Waals surface area contributed by atoms with Gasteiger partial charge in [-0.05, 0) is 24.6 Å². The van der Waals surface area contributed by atoms with E-state index in [0.29, 0.717) is 17.1 Å². The summed E-state index contributed by atoms with van der Waals surface area (Å²) in [5.74, 6) is 0.523. The lowest BCUT2D eigenvalue weighted by Gasteiger charge is -2.33. The second-order valence-electron chi connectivity index (χ2n) is 8.54. The molecule has 0 unspecified atom stereocenters. The molecular formula is C23H27F3N6O3. The van der Waals surface area contributed by atoms with Gasteiger partial charge in [0.1, 0.15) is 5.82 Å². The molecule has 4 rings (SSSR count). The average Bonchev–Trinajstić information content (AvgIpc) is 3.38. The number of rotatable bonds is 6. The molecule has 0 spiro atoms. The fourth-order valence-electron chi connectivity index (χ4n) is 4.29. The molecule has 1 N–H and O–H groups in total. The Labute approximate surface area is 200 Å². The van der Waals surface area contributed by atoms with Gasteiger partial charge in [0.2, 0.25) is 0 Å². The van der Waals surface area contributed by atoms with Crippen molar-refractivity contribution < 1.29 is 27.4 Å². The molecule has 3 aromatic rings. The van der Waals surface area contributed by atoms with Gasteiger partial charge in [-0.15, -0.1) is 0 Å². The predicted molar refractivity (Wildman–Crippen MR) is 122 cm³/mol. The summed E-state index contributed by atoms with van der Waals surface area (Å²) in [5, 5.41) is 11.4. The number of nitrogens with one attached hydrogen (secondary N) is 1. The summed E-state index contributed by atoms with van der Waals surface area (Å²) in [6.07, 6.45) is -3.06. The molecule has 188 valence electrons. The van der Waals surface area contributed by atoms with Gasteiger partial charge in [0.05, 0.1) is 26.0 Å². The largest absolute Gasteiger partial charge is 0.493 e. The van der Waals surface area contributed by atoms with Gasteiger partial charge in [-0.25, -0.2) is 4.68 Å². The highest BCUT2D eigenvalue weighted by Gasteiger charge is 2.47. The van der Waals surface area contributed by atoms with Crippen LogP contribution in [0.4, 0.5) is 19.0 Å². The molecular weight excluding hydrogens is 465 g/mol. The third-order valence-electron chi connectivity index (χ3n) is 6.09. The first-order valence-electron chi connectivity index (χ1n) is 10.9. The van der Waals surface area contributed by atoms with Crippen molar-refractivity contribution in [2.45, 2.75) is 38.1 Å². The van der Waals surface area contributed by atoms with E-state index in [2.05, 4.69) is 15.5 Å². The quantitative estimate of drug-likeness (QED) is 0.562. The van der Waals surface area contributed by atoms with E-state index in [0.717, 1.165) is 15.9 Å². The number of aryl methyl sites for hydroxylation is 2. The Kier molecular flexibility index (Phi) is 6.39. The molecule has 12 heteroatoms. The number of fused-ring (bicyclic) bond motifs is 1. The van der Waals surface area contributed by atoms with E-state index >= 15 is 0 Å². The van der Waals surface area contributed by atoms with Gasteiger partial charge in [0.25, 0.3) is 5.91 Å². The van der Waals surface area contributed by atoms with Crippen LogP contribution >= 0.6 is 0 Å². The highest BCUT2D eigenvalue weighted by molar-refractivity contribution is 5.93. The third-order valence-corrected chi connectivity index (χ3v) is 6.09. The number of alkyl halides is 3. The second-order valence-corrected chi connectivity index (χ2v) is 8.54. The summed E-state index contributed by atoms with van der Waals surface area (Å²) in [5.41, 5.74) is 2.14. The molecule has 0 aliphatic carbocycles. The molecule has 35 heavy (non-hydrogen) atoms. The zero-order valence-corrected chi connectivity index (χ0v) is 20.1. The van der Waals surface area contributed by atoms with Crippen LogP contribution in [0.3, 0.4) is 0 Å². The van der Waals surface area contributed by atoms with Crippen molar-refractivity contribution in [2.24, 2.45) is 7.05 Å². The van der Waals surface area contributed by atoms with Crippen LogP contribution in [-0.2, 0) is 13.6 Å². The van der Waals surface area contributed by atoms with Crippen molar-refractivity contribution in [3.8, 4) is 11.5 Å². The molecule has 1 aliphatic rings. The van der Waals surface area contributed by atoms with E-state index in [4.69, 9.17) is 9.47 Å². The highest BCUT2D eigenvalue weighted by Crippen LogP contribution is 2.44. The van der Waals surface area contributed by atoms with Gasteiger partial charge in [0.15, 0.2) is 23.2 Å². The number of anilines is 1. The maximum Gasteiger partial charge on any atom is 0.410 e. The molecule has 0 fully saturated rings. The van der Waals surface area contributed by atoms with E-state index in [1.54, 1.807) is 43.2 Å². The molecule has 1 amide bonds. The molecule has 0 saturated carbocycles. The van der Waals surface area contributed by atoms with E-state index in [-0.39, 0.29) is 24.5 Å². The number of methoxy groups -OCH3 is 2. The summed E-state index contributed by atoms with van der Waals surface area (Å²) in [4.78, 5) is 14.4. The minimum Gasteiger partial charge on any atom is -0.493 e. The second kappa shape index (κ2) is 9.16. The molecule has 2 atom stereocenters. The van der Waals surface area contributed by atoms with Crippen molar-refractivity contribution in [2.75, 3.05) is 26.6 Å². The van der Waals surface area contributed by atoms with Gasteiger partial charge >= 0.3 is 6.18 Å². The van der Waals surface area contributed by atoms with Crippen LogP contribution in [0.5, 0.6) is 11.5 Å². The molecule has 9 nitrogen and oxygen atoms in total. The van der Waals surface area contributed by atoms with Crippen molar-refractivity contribution in [1.82, 2.24) is 24.5 Å². The minimum atomic E-state index is -4.56.